The van der Waals surface area contributed by atoms with E-state index in [0.717, 1.165) is 29.2 Å². The van der Waals surface area contributed by atoms with Gasteiger partial charge in [-0.3, -0.25) is 0 Å². The van der Waals surface area contributed by atoms with E-state index < -0.39 is 0 Å². The summed E-state index contributed by atoms with van der Waals surface area (Å²) in [5.74, 6) is 0. The largest absolute Gasteiger partial charge is 0.385 e. The molecule has 0 heterocycles. The molecule has 1 aromatic carbocycles. The molecule has 0 aliphatic heterocycles. The molecule has 0 amide bonds. The third kappa shape index (κ3) is 4.60. The fourth-order valence-corrected chi connectivity index (χ4v) is 1.24. The maximum atomic E-state index is 3.90. The number of nitrogens with one attached hydrogen (secondary N) is 2. The summed E-state index contributed by atoms with van der Waals surface area (Å²) in [7, 11) is 0. The molecule has 0 saturated heterocycles. The average molecular weight is 228 g/mol. The molecule has 1 rings (SSSR count). The zero-order chi connectivity index (χ0) is 12.8. The van der Waals surface area contributed by atoms with Crippen LogP contribution in [0.2, 0.25) is 0 Å². The second kappa shape index (κ2) is 5.94. The van der Waals surface area contributed by atoms with Gasteiger partial charge in [0, 0.05) is 23.6 Å². The summed E-state index contributed by atoms with van der Waals surface area (Å²) in [6.07, 6.45) is 0. The van der Waals surface area contributed by atoms with Gasteiger partial charge in [-0.25, -0.2) is 0 Å². The lowest BCUT2D eigenvalue weighted by molar-refractivity contribution is 0.816. The van der Waals surface area contributed by atoms with Crippen molar-refractivity contribution in [3.05, 3.63) is 66.5 Å². The number of allylic oxidation sites excluding steroid dienone is 2. The minimum atomic E-state index is 0.803. The highest BCUT2D eigenvalue weighted by Gasteiger charge is 1.97. The standard InChI is InChI=1S/C15H20N2/c1-11(2)13(5)17-15-8-6-14(7-9-15)10-16-12(3)4/h6-9,16-17H,1,3,5,10H2,2,4H3. The van der Waals surface area contributed by atoms with Crippen LogP contribution in [0.3, 0.4) is 0 Å². The molecule has 0 radical (unpaired) electrons. The highest BCUT2D eigenvalue weighted by Crippen LogP contribution is 2.14. The van der Waals surface area contributed by atoms with E-state index in [2.05, 4.69) is 42.5 Å². The van der Waals surface area contributed by atoms with Crippen LogP contribution in [-0.4, -0.2) is 0 Å². The number of hydrogen-bond acceptors (Lipinski definition) is 2. The van der Waals surface area contributed by atoms with Crippen LogP contribution in [0.15, 0.2) is 61.0 Å². The van der Waals surface area contributed by atoms with Crippen molar-refractivity contribution in [2.75, 3.05) is 5.32 Å². The van der Waals surface area contributed by atoms with Gasteiger partial charge in [0.05, 0.1) is 0 Å². The van der Waals surface area contributed by atoms with Gasteiger partial charge >= 0.3 is 0 Å². The molecule has 0 spiro atoms. The van der Waals surface area contributed by atoms with Crippen LogP contribution in [0.25, 0.3) is 0 Å². The van der Waals surface area contributed by atoms with E-state index >= 15 is 0 Å². The highest BCUT2D eigenvalue weighted by molar-refractivity contribution is 5.52. The molecule has 2 heteroatoms. The topological polar surface area (TPSA) is 24.1 Å². The van der Waals surface area contributed by atoms with Gasteiger partial charge in [-0.2, -0.15) is 0 Å². The maximum Gasteiger partial charge on any atom is 0.0397 e. The second-order valence-electron chi connectivity index (χ2n) is 4.21. The average Bonchev–Trinajstić information content (AvgIpc) is 2.28. The molecular formula is C15H20N2. The van der Waals surface area contributed by atoms with Crippen molar-refractivity contribution in [2.45, 2.75) is 20.4 Å². The summed E-state index contributed by atoms with van der Waals surface area (Å²) < 4.78 is 0. The molecule has 1 aromatic rings. The van der Waals surface area contributed by atoms with E-state index in [4.69, 9.17) is 0 Å². The smallest absolute Gasteiger partial charge is 0.0397 e. The molecule has 0 saturated carbocycles. The number of rotatable bonds is 6. The van der Waals surface area contributed by atoms with Crippen LogP contribution in [0.5, 0.6) is 0 Å². The molecule has 2 N–H and O–H groups in total. The summed E-state index contributed by atoms with van der Waals surface area (Å²) in [6, 6.07) is 8.21. The van der Waals surface area contributed by atoms with Crippen molar-refractivity contribution in [3.63, 3.8) is 0 Å². The number of hydrogen-bond donors (Lipinski definition) is 2. The maximum absolute atomic E-state index is 3.90. The fraction of sp³-hybridized carbons (Fsp3) is 0.200. The predicted molar refractivity (Wildman–Crippen MR) is 75.7 cm³/mol. The quantitative estimate of drug-likeness (QED) is 0.723. The SMILES string of the molecule is C=C(C)NCc1ccc(NC(=C)C(=C)C)cc1. The van der Waals surface area contributed by atoms with Gasteiger partial charge in [-0.15, -0.1) is 0 Å². The van der Waals surface area contributed by atoms with E-state index in [1.807, 2.05) is 26.0 Å². The van der Waals surface area contributed by atoms with Crippen LogP contribution >= 0.6 is 0 Å². The minimum Gasteiger partial charge on any atom is -0.385 e. The first-order valence-electron chi connectivity index (χ1n) is 5.59. The van der Waals surface area contributed by atoms with Gasteiger partial charge in [-0.1, -0.05) is 31.9 Å². The zero-order valence-corrected chi connectivity index (χ0v) is 10.6. The lowest BCUT2D eigenvalue weighted by atomic mass is 10.2. The molecular weight excluding hydrogens is 208 g/mol. The van der Waals surface area contributed by atoms with Gasteiger partial charge in [-0.05, 0) is 37.1 Å². The van der Waals surface area contributed by atoms with Crippen LogP contribution in [-0.2, 0) is 6.54 Å². The van der Waals surface area contributed by atoms with E-state index in [9.17, 15) is 0 Å². The lowest BCUT2D eigenvalue weighted by Gasteiger charge is -2.10. The molecule has 0 aliphatic rings. The van der Waals surface area contributed by atoms with E-state index in [-0.39, 0.29) is 0 Å². The Morgan fingerprint density at radius 3 is 2.12 bits per heavy atom. The van der Waals surface area contributed by atoms with Crippen molar-refractivity contribution in [1.82, 2.24) is 5.32 Å². The Morgan fingerprint density at radius 1 is 1.06 bits per heavy atom. The molecule has 0 fully saturated rings. The molecule has 0 aromatic heterocycles. The molecule has 0 atom stereocenters. The summed E-state index contributed by atoms with van der Waals surface area (Å²) in [5, 5.41) is 6.40. The molecule has 17 heavy (non-hydrogen) atoms. The summed E-state index contributed by atoms with van der Waals surface area (Å²) >= 11 is 0. The second-order valence-corrected chi connectivity index (χ2v) is 4.21. The van der Waals surface area contributed by atoms with Crippen LogP contribution in [0, 0.1) is 0 Å². The van der Waals surface area contributed by atoms with E-state index in [0.29, 0.717) is 0 Å². The molecule has 0 bridgehead atoms. The lowest BCUT2D eigenvalue weighted by Crippen LogP contribution is -2.09. The monoisotopic (exact) mass is 228 g/mol. The molecule has 0 unspecified atom stereocenters. The highest BCUT2D eigenvalue weighted by atomic mass is 14.9. The van der Waals surface area contributed by atoms with Crippen molar-refractivity contribution in [3.8, 4) is 0 Å². The molecule has 0 aliphatic carbocycles. The van der Waals surface area contributed by atoms with Crippen molar-refractivity contribution in [2.24, 2.45) is 0 Å². The van der Waals surface area contributed by atoms with E-state index in [1.54, 1.807) is 0 Å². The van der Waals surface area contributed by atoms with Crippen molar-refractivity contribution < 1.29 is 0 Å². The van der Waals surface area contributed by atoms with Gasteiger partial charge in [0.25, 0.3) is 0 Å². The van der Waals surface area contributed by atoms with Gasteiger partial charge in [0.15, 0.2) is 0 Å². The Bertz CT molecular complexity index is 427. The molecule has 90 valence electrons. The Morgan fingerprint density at radius 2 is 1.65 bits per heavy atom. The first-order valence-corrected chi connectivity index (χ1v) is 5.59. The summed E-state index contributed by atoms with van der Waals surface area (Å²) in [5.41, 5.74) is 5.01. The Kier molecular flexibility index (Phi) is 4.58. The zero-order valence-electron chi connectivity index (χ0n) is 10.6. The summed E-state index contributed by atoms with van der Waals surface area (Å²) in [6.45, 7) is 16.2. The number of benzene rings is 1. The minimum absolute atomic E-state index is 0.803. The van der Waals surface area contributed by atoms with Gasteiger partial charge < -0.3 is 10.6 Å². The first kappa shape index (κ1) is 13.1. The van der Waals surface area contributed by atoms with Crippen LogP contribution in [0.1, 0.15) is 19.4 Å². The molecule has 2 nitrogen and oxygen atoms in total. The third-order valence-corrected chi connectivity index (χ3v) is 2.36. The third-order valence-electron chi connectivity index (χ3n) is 2.36. The van der Waals surface area contributed by atoms with E-state index in [1.165, 1.54) is 5.56 Å². The Labute approximate surface area is 104 Å². The van der Waals surface area contributed by atoms with Crippen LogP contribution in [0.4, 0.5) is 5.69 Å². The first-order chi connectivity index (χ1) is 7.99. The Balaban J connectivity index is 2.58. The normalized spacial score (nSPS) is 9.53. The Hall–Kier alpha value is -1.96. The number of anilines is 1. The summed E-state index contributed by atoms with van der Waals surface area (Å²) in [4.78, 5) is 0. The fourth-order valence-electron chi connectivity index (χ4n) is 1.24. The predicted octanol–water partition coefficient (Wildman–Crippen LogP) is 3.81. The van der Waals surface area contributed by atoms with Gasteiger partial charge in [0.2, 0.25) is 0 Å². The van der Waals surface area contributed by atoms with Crippen molar-refractivity contribution in [1.29, 1.82) is 0 Å². The van der Waals surface area contributed by atoms with Gasteiger partial charge in [0.1, 0.15) is 0 Å². The van der Waals surface area contributed by atoms with Crippen LogP contribution < -0.4 is 10.6 Å². The van der Waals surface area contributed by atoms with Crippen molar-refractivity contribution >= 4 is 5.69 Å².